The van der Waals surface area contributed by atoms with E-state index in [9.17, 15) is 0 Å². The fourth-order valence-electron chi connectivity index (χ4n) is 1.47. The average Bonchev–Trinajstić information content (AvgIpc) is 2.57. The molecule has 1 rings (SSSR count). The van der Waals surface area contributed by atoms with Gasteiger partial charge >= 0.3 is 0 Å². The Morgan fingerprint density at radius 3 is 2.67 bits per heavy atom. The van der Waals surface area contributed by atoms with Crippen molar-refractivity contribution in [3.05, 3.63) is 23.7 Å². The van der Waals surface area contributed by atoms with Crippen LogP contribution in [0.25, 0.3) is 0 Å². The number of nitrogens with zero attached hydrogens (tertiary/aromatic N) is 1. The van der Waals surface area contributed by atoms with Crippen LogP contribution in [-0.2, 0) is 6.54 Å². The summed E-state index contributed by atoms with van der Waals surface area (Å²) in [6, 6.07) is 4.03. The molecule has 0 saturated heterocycles. The van der Waals surface area contributed by atoms with Gasteiger partial charge in [-0.3, -0.25) is 0 Å². The molecule has 1 aromatic rings. The van der Waals surface area contributed by atoms with Crippen LogP contribution < -0.4 is 5.32 Å². The minimum Gasteiger partial charge on any atom is -0.465 e. The van der Waals surface area contributed by atoms with Crippen molar-refractivity contribution in [3.63, 3.8) is 0 Å². The van der Waals surface area contributed by atoms with Crippen LogP contribution >= 0.6 is 0 Å². The molecule has 1 aromatic heterocycles. The number of aryl methyl sites for hydroxylation is 1. The predicted octanol–water partition coefficient (Wildman–Crippen LogP) is 2.02. The van der Waals surface area contributed by atoms with Crippen LogP contribution in [0.2, 0.25) is 0 Å². The summed E-state index contributed by atoms with van der Waals surface area (Å²) in [5, 5.41) is 3.38. The molecular weight excluding hydrogens is 188 g/mol. The van der Waals surface area contributed by atoms with Crippen molar-refractivity contribution < 1.29 is 4.42 Å². The van der Waals surface area contributed by atoms with Crippen LogP contribution in [0.4, 0.5) is 0 Å². The minimum absolute atomic E-state index is 0.843. The predicted molar refractivity (Wildman–Crippen MR) is 62.9 cm³/mol. The molecule has 0 fully saturated rings. The van der Waals surface area contributed by atoms with Crippen LogP contribution in [0.1, 0.15) is 24.4 Å². The molecular formula is C12H22N2O. The molecule has 0 bridgehead atoms. The second kappa shape index (κ2) is 6.64. The first-order valence-corrected chi connectivity index (χ1v) is 5.59. The zero-order valence-corrected chi connectivity index (χ0v) is 10.0. The smallest absolute Gasteiger partial charge is 0.117 e. The van der Waals surface area contributed by atoms with Crippen molar-refractivity contribution in [2.45, 2.75) is 26.3 Å². The van der Waals surface area contributed by atoms with E-state index in [1.165, 1.54) is 19.4 Å². The number of rotatable bonds is 7. The molecule has 0 aromatic carbocycles. The van der Waals surface area contributed by atoms with Gasteiger partial charge in [0.25, 0.3) is 0 Å². The first-order chi connectivity index (χ1) is 7.18. The molecule has 15 heavy (non-hydrogen) atoms. The van der Waals surface area contributed by atoms with Gasteiger partial charge in [0.1, 0.15) is 11.5 Å². The van der Waals surface area contributed by atoms with Gasteiger partial charge in [-0.05, 0) is 59.1 Å². The fourth-order valence-corrected chi connectivity index (χ4v) is 1.47. The molecule has 0 amide bonds. The van der Waals surface area contributed by atoms with Crippen LogP contribution in [0.5, 0.6) is 0 Å². The lowest BCUT2D eigenvalue weighted by Crippen LogP contribution is -2.17. The highest BCUT2D eigenvalue weighted by atomic mass is 16.3. The first kappa shape index (κ1) is 12.3. The molecule has 86 valence electrons. The van der Waals surface area contributed by atoms with Crippen molar-refractivity contribution in [3.8, 4) is 0 Å². The van der Waals surface area contributed by atoms with E-state index in [2.05, 4.69) is 24.3 Å². The Morgan fingerprint density at radius 1 is 1.27 bits per heavy atom. The largest absolute Gasteiger partial charge is 0.465 e. The zero-order chi connectivity index (χ0) is 11.1. The molecule has 1 N–H and O–H groups in total. The van der Waals surface area contributed by atoms with E-state index in [0.717, 1.165) is 24.6 Å². The van der Waals surface area contributed by atoms with Crippen molar-refractivity contribution in [1.29, 1.82) is 0 Å². The zero-order valence-electron chi connectivity index (χ0n) is 10.0. The van der Waals surface area contributed by atoms with Gasteiger partial charge in [-0.2, -0.15) is 0 Å². The normalized spacial score (nSPS) is 11.2. The van der Waals surface area contributed by atoms with Crippen LogP contribution in [0.15, 0.2) is 16.5 Å². The van der Waals surface area contributed by atoms with Gasteiger partial charge in [-0.15, -0.1) is 0 Å². The number of hydrogen-bond donors (Lipinski definition) is 1. The van der Waals surface area contributed by atoms with Crippen molar-refractivity contribution >= 4 is 0 Å². The highest BCUT2D eigenvalue weighted by Crippen LogP contribution is 2.05. The lowest BCUT2D eigenvalue weighted by molar-refractivity contribution is 0.389. The molecule has 0 radical (unpaired) electrons. The molecule has 0 aliphatic carbocycles. The molecule has 0 aliphatic rings. The second-order valence-corrected chi connectivity index (χ2v) is 4.20. The maximum Gasteiger partial charge on any atom is 0.117 e. The van der Waals surface area contributed by atoms with Gasteiger partial charge in [0.2, 0.25) is 0 Å². The average molecular weight is 210 g/mol. The summed E-state index contributed by atoms with van der Waals surface area (Å²) >= 11 is 0. The van der Waals surface area contributed by atoms with Crippen molar-refractivity contribution in [1.82, 2.24) is 10.2 Å². The summed E-state index contributed by atoms with van der Waals surface area (Å²) in [7, 11) is 4.22. The van der Waals surface area contributed by atoms with Gasteiger partial charge < -0.3 is 14.6 Å². The SMILES string of the molecule is Cc1ccc(CNCCCCN(C)C)o1. The van der Waals surface area contributed by atoms with Gasteiger partial charge in [0.15, 0.2) is 0 Å². The monoisotopic (exact) mass is 210 g/mol. The van der Waals surface area contributed by atoms with Crippen LogP contribution in [-0.4, -0.2) is 32.1 Å². The van der Waals surface area contributed by atoms with Crippen LogP contribution in [0.3, 0.4) is 0 Å². The lowest BCUT2D eigenvalue weighted by atomic mass is 10.3. The molecule has 0 aliphatic heterocycles. The van der Waals surface area contributed by atoms with Gasteiger partial charge in [0, 0.05) is 0 Å². The topological polar surface area (TPSA) is 28.4 Å². The van der Waals surface area contributed by atoms with Gasteiger partial charge in [0.05, 0.1) is 6.54 Å². The molecule has 3 nitrogen and oxygen atoms in total. The summed E-state index contributed by atoms with van der Waals surface area (Å²) in [5.41, 5.74) is 0. The maximum atomic E-state index is 5.46. The van der Waals surface area contributed by atoms with E-state index in [1.807, 2.05) is 19.1 Å². The van der Waals surface area contributed by atoms with E-state index in [1.54, 1.807) is 0 Å². The fraction of sp³-hybridized carbons (Fsp3) is 0.667. The number of unbranched alkanes of at least 4 members (excludes halogenated alkanes) is 1. The van der Waals surface area contributed by atoms with Crippen LogP contribution in [0, 0.1) is 6.92 Å². The summed E-state index contributed by atoms with van der Waals surface area (Å²) in [6.07, 6.45) is 2.47. The Bertz CT molecular complexity index is 268. The van der Waals surface area contributed by atoms with Gasteiger partial charge in [-0.25, -0.2) is 0 Å². The Morgan fingerprint density at radius 2 is 2.07 bits per heavy atom. The summed E-state index contributed by atoms with van der Waals surface area (Å²) in [5.74, 6) is 2.01. The Labute approximate surface area is 92.5 Å². The molecule has 3 heteroatoms. The highest BCUT2D eigenvalue weighted by Gasteiger charge is 1.97. The summed E-state index contributed by atoms with van der Waals surface area (Å²) in [6.45, 7) is 5.05. The maximum absolute atomic E-state index is 5.46. The molecule has 0 spiro atoms. The number of hydrogen-bond acceptors (Lipinski definition) is 3. The second-order valence-electron chi connectivity index (χ2n) is 4.20. The quantitative estimate of drug-likeness (QED) is 0.698. The third-order valence-electron chi connectivity index (χ3n) is 2.30. The van der Waals surface area contributed by atoms with E-state index >= 15 is 0 Å². The van der Waals surface area contributed by atoms with Gasteiger partial charge in [-0.1, -0.05) is 0 Å². The molecule has 0 atom stereocenters. The third-order valence-corrected chi connectivity index (χ3v) is 2.30. The van der Waals surface area contributed by atoms with E-state index in [4.69, 9.17) is 4.42 Å². The summed E-state index contributed by atoms with van der Waals surface area (Å²) in [4.78, 5) is 2.22. The Hall–Kier alpha value is -0.800. The third kappa shape index (κ3) is 5.60. The molecule has 0 saturated carbocycles. The first-order valence-electron chi connectivity index (χ1n) is 5.59. The summed E-state index contributed by atoms with van der Waals surface area (Å²) < 4.78 is 5.46. The van der Waals surface area contributed by atoms with E-state index in [-0.39, 0.29) is 0 Å². The lowest BCUT2D eigenvalue weighted by Gasteiger charge is -2.08. The Balaban J connectivity index is 1.98. The highest BCUT2D eigenvalue weighted by molar-refractivity contribution is 5.04. The van der Waals surface area contributed by atoms with E-state index < -0.39 is 0 Å². The standard InChI is InChI=1S/C12H22N2O/c1-11-6-7-12(15-11)10-13-8-4-5-9-14(2)3/h6-7,13H,4-5,8-10H2,1-3H3. The van der Waals surface area contributed by atoms with E-state index in [0.29, 0.717) is 0 Å². The number of nitrogens with one attached hydrogen (secondary N) is 1. The van der Waals surface area contributed by atoms with Crippen molar-refractivity contribution in [2.75, 3.05) is 27.2 Å². The Kier molecular flexibility index (Phi) is 5.43. The minimum atomic E-state index is 0.843. The molecule has 1 heterocycles. The number of furan rings is 1. The molecule has 0 unspecified atom stereocenters. The van der Waals surface area contributed by atoms with Crippen molar-refractivity contribution in [2.24, 2.45) is 0 Å².